The molecule has 0 aliphatic heterocycles. The predicted octanol–water partition coefficient (Wildman–Crippen LogP) is 3.15. The van der Waals surface area contributed by atoms with Crippen LogP contribution in [0.15, 0.2) is 67.4 Å². The second-order valence-corrected chi connectivity index (χ2v) is 6.07. The number of pyridine rings is 1. The number of carbonyl (C=O) groups is 1. The van der Waals surface area contributed by atoms with Crippen LogP contribution in [-0.4, -0.2) is 20.4 Å². The minimum atomic E-state index is -0.0829. The summed E-state index contributed by atoms with van der Waals surface area (Å²) in [4.78, 5) is 20.9. The lowest BCUT2D eigenvalue weighted by Gasteiger charge is -2.18. The van der Waals surface area contributed by atoms with Crippen molar-refractivity contribution in [3.63, 3.8) is 0 Å². The van der Waals surface area contributed by atoms with Gasteiger partial charge in [0.15, 0.2) is 0 Å². The van der Waals surface area contributed by atoms with E-state index in [1.54, 1.807) is 29.4 Å². The normalized spacial score (nSPS) is 15.0. The van der Waals surface area contributed by atoms with E-state index < -0.39 is 0 Å². The number of amides is 1. The van der Waals surface area contributed by atoms with E-state index in [4.69, 9.17) is 0 Å². The van der Waals surface area contributed by atoms with E-state index in [9.17, 15) is 4.79 Å². The zero-order valence-corrected chi connectivity index (χ0v) is 13.2. The highest BCUT2D eigenvalue weighted by molar-refractivity contribution is 5.94. The Labute approximate surface area is 140 Å². The lowest BCUT2D eigenvalue weighted by molar-refractivity contribution is 0.0931. The Morgan fingerprint density at radius 3 is 2.62 bits per heavy atom. The summed E-state index contributed by atoms with van der Waals surface area (Å²) in [5, 5.41) is 3.17. The van der Waals surface area contributed by atoms with Gasteiger partial charge in [0.1, 0.15) is 12.1 Å². The standard InChI is InChI=1S/C19H18N4O/c24-19(16-8-9-17(21-12-16)23-11-10-20-13-23)22-18(15-6-7-15)14-4-2-1-3-5-14/h1-5,8-13,15,18H,6-7H2,(H,22,24). The van der Waals surface area contributed by atoms with Crippen LogP contribution < -0.4 is 5.32 Å². The molecule has 1 aromatic carbocycles. The highest BCUT2D eigenvalue weighted by Gasteiger charge is 2.33. The molecule has 0 radical (unpaired) electrons. The number of aromatic nitrogens is 3. The number of hydrogen-bond donors (Lipinski definition) is 1. The molecule has 1 saturated carbocycles. The SMILES string of the molecule is O=C(NC(c1ccccc1)C1CC1)c1ccc(-n2ccnc2)nc1. The third-order valence-corrected chi connectivity index (χ3v) is 4.32. The first-order valence-corrected chi connectivity index (χ1v) is 8.11. The lowest BCUT2D eigenvalue weighted by atomic mass is 10.0. The average molecular weight is 318 g/mol. The highest BCUT2D eigenvalue weighted by Crippen LogP contribution is 2.41. The number of carbonyl (C=O) groups excluding carboxylic acids is 1. The molecular weight excluding hydrogens is 300 g/mol. The molecule has 1 fully saturated rings. The van der Waals surface area contributed by atoms with Crippen LogP contribution in [0, 0.1) is 5.92 Å². The summed E-state index contributed by atoms with van der Waals surface area (Å²) >= 11 is 0. The Balaban J connectivity index is 1.51. The molecule has 1 unspecified atom stereocenters. The summed E-state index contributed by atoms with van der Waals surface area (Å²) in [6, 6.07) is 13.9. The molecule has 0 saturated heterocycles. The first-order valence-electron chi connectivity index (χ1n) is 8.11. The highest BCUT2D eigenvalue weighted by atomic mass is 16.1. The molecule has 1 aliphatic carbocycles. The minimum absolute atomic E-state index is 0.0759. The fourth-order valence-corrected chi connectivity index (χ4v) is 2.86. The zero-order valence-electron chi connectivity index (χ0n) is 13.2. The van der Waals surface area contributed by atoms with Gasteiger partial charge in [-0.3, -0.25) is 9.36 Å². The number of nitrogens with zero attached hydrogens (tertiary/aromatic N) is 3. The summed E-state index contributed by atoms with van der Waals surface area (Å²) in [6.45, 7) is 0. The molecule has 1 aliphatic rings. The predicted molar refractivity (Wildman–Crippen MR) is 90.7 cm³/mol. The van der Waals surface area contributed by atoms with Gasteiger partial charge in [-0.15, -0.1) is 0 Å². The van der Waals surface area contributed by atoms with Crippen LogP contribution in [0.2, 0.25) is 0 Å². The van der Waals surface area contributed by atoms with Crippen molar-refractivity contribution in [2.24, 2.45) is 5.92 Å². The van der Waals surface area contributed by atoms with Crippen molar-refractivity contribution in [2.75, 3.05) is 0 Å². The number of hydrogen-bond acceptors (Lipinski definition) is 3. The van der Waals surface area contributed by atoms with E-state index in [0.29, 0.717) is 11.5 Å². The van der Waals surface area contributed by atoms with E-state index in [2.05, 4.69) is 27.4 Å². The zero-order chi connectivity index (χ0) is 16.4. The minimum Gasteiger partial charge on any atom is -0.345 e. The average Bonchev–Trinajstić information content (AvgIpc) is 3.33. The van der Waals surface area contributed by atoms with Crippen molar-refractivity contribution in [2.45, 2.75) is 18.9 Å². The van der Waals surface area contributed by atoms with Crippen LogP contribution in [0.3, 0.4) is 0 Å². The van der Waals surface area contributed by atoms with Crippen LogP contribution >= 0.6 is 0 Å². The Morgan fingerprint density at radius 1 is 1.17 bits per heavy atom. The molecule has 4 rings (SSSR count). The monoisotopic (exact) mass is 318 g/mol. The third-order valence-electron chi connectivity index (χ3n) is 4.32. The van der Waals surface area contributed by atoms with E-state index in [1.165, 1.54) is 0 Å². The van der Waals surface area contributed by atoms with Crippen LogP contribution in [-0.2, 0) is 0 Å². The van der Waals surface area contributed by atoms with Gasteiger partial charge in [0.2, 0.25) is 0 Å². The Hall–Kier alpha value is -2.95. The maximum atomic E-state index is 12.6. The van der Waals surface area contributed by atoms with Crippen LogP contribution in [0.1, 0.15) is 34.8 Å². The first-order chi connectivity index (χ1) is 11.8. The molecule has 0 spiro atoms. The van der Waals surface area contributed by atoms with Crippen molar-refractivity contribution >= 4 is 5.91 Å². The molecule has 1 atom stereocenters. The first kappa shape index (κ1) is 14.6. The van der Waals surface area contributed by atoms with E-state index in [0.717, 1.165) is 24.2 Å². The fourth-order valence-electron chi connectivity index (χ4n) is 2.86. The van der Waals surface area contributed by atoms with E-state index in [1.807, 2.05) is 30.5 Å². The Morgan fingerprint density at radius 2 is 2.00 bits per heavy atom. The molecule has 1 N–H and O–H groups in total. The molecule has 2 heterocycles. The molecular formula is C19H18N4O. The quantitative estimate of drug-likeness (QED) is 0.786. The van der Waals surface area contributed by atoms with Gasteiger partial charge >= 0.3 is 0 Å². The number of rotatable bonds is 5. The summed E-state index contributed by atoms with van der Waals surface area (Å²) in [6.07, 6.45) is 9.14. The fraction of sp³-hybridized carbons (Fsp3) is 0.211. The van der Waals surface area contributed by atoms with Gasteiger partial charge in [-0.1, -0.05) is 30.3 Å². The van der Waals surface area contributed by atoms with Crippen molar-refractivity contribution in [3.8, 4) is 5.82 Å². The molecule has 1 amide bonds. The second-order valence-electron chi connectivity index (χ2n) is 6.07. The number of nitrogens with one attached hydrogen (secondary N) is 1. The molecule has 5 nitrogen and oxygen atoms in total. The lowest BCUT2D eigenvalue weighted by Crippen LogP contribution is -2.30. The van der Waals surface area contributed by atoms with E-state index in [-0.39, 0.29) is 11.9 Å². The van der Waals surface area contributed by atoms with Gasteiger partial charge in [-0.05, 0) is 36.5 Å². The molecule has 0 bridgehead atoms. The molecule has 24 heavy (non-hydrogen) atoms. The molecule has 2 aromatic heterocycles. The Bertz CT molecular complexity index is 808. The number of benzene rings is 1. The van der Waals surface area contributed by atoms with Gasteiger partial charge in [-0.25, -0.2) is 9.97 Å². The third kappa shape index (κ3) is 3.06. The molecule has 3 aromatic rings. The summed E-state index contributed by atoms with van der Waals surface area (Å²) in [5.41, 5.74) is 1.73. The van der Waals surface area contributed by atoms with Crippen molar-refractivity contribution in [3.05, 3.63) is 78.5 Å². The Kier molecular flexibility index (Phi) is 3.83. The van der Waals surface area contributed by atoms with Gasteiger partial charge in [0, 0.05) is 18.6 Å². The van der Waals surface area contributed by atoms with Crippen molar-refractivity contribution in [1.29, 1.82) is 0 Å². The van der Waals surface area contributed by atoms with Crippen LogP contribution in [0.5, 0.6) is 0 Å². The topological polar surface area (TPSA) is 59.8 Å². The van der Waals surface area contributed by atoms with Crippen LogP contribution in [0.4, 0.5) is 0 Å². The summed E-state index contributed by atoms with van der Waals surface area (Å²) < 4.78 is 1.80. The van der Waals surface area contributed by atoms with Crippen molar-refractivity contribution in [1.82, 2.24) is 19.9 Å². The maximum Gasteiger partial charge on any atom is 0.253 e. The van der Waals surface area contributed by atoms with Gasteiger partial charge in [-0.2, -0.15) is 0 Å². The van der Waals surface area contributed by atoms with Gasteiger partial charge in [0.25, 0.3) is 5.91 Å². The molecule has 120 valence electrons. The summed E-state index contributed by atoms with van der Waals surface area (Å²) in [7, 11) is 0. The van der Waals surface area contributed by atoms with Gasteiger partial charge in [0.05, 0.1) is 11.6 Å². The van der Waals surface area contributed by atoms with Gasteiger partial charge < -0.3 is 5.32 Å². The second kappa shape index (κ2) is 6.28. The maximum absolute atomic E-state index is 12.6. The van der Waals surface area contributed by atoms with Crippen LogP contribution in [0.25, 0.3) is 5.82 Å². The largest absolute Gasteiger partial charge is 0.345 e. The molecule has 5 heteroatoms. The smallest absolute Gasteiger partial charge is 0.253 e. The van der Waals surface area contributed by atoms with E-state index >= 15 is 0 Å². The number of imidazole rings is 1. The van der Waals surface area contributed by atoms with Crippen molar-refractivity contribution < 1.29 is 4.79 Å². The summed E-state index contributed by atoms with van der Waals surface area (Å²) in [5.74, 6) is 1.20.